The topological polar surface area (TPSA) is 71.1 Å². The molecule has 19 heavy (non-hydrogen) atoms. The number of hydrogen-bond acceptors (Lipinski definition) is 6. The molecule has 2 aromatic heterocycles. The first-order chi connectivity index (χ1) is 8.97. The zero-order valence-corrected chi connectivity index (χ0v) is 13.0. The highest BCUT2D eigenvalue weighted by atomic mass is 32.2. The van der Waals surface area contributed by atoms with Crippen LogP contribution in [0.25, 0.3) is 0 Å². The molecule has 0 aliphatic carbocycles. The number of thiophene rings is 1. The molecule has 0 amide bonds. The van der Waals surface area contributed by atoms with E-state index in [4.69, 9.17) is 0 Å². The van der Waals surface area contributed by atoms with Gasteiger partial charge in [-0.1, -0.05) is 13.8 Å². The molecule has 0 aromatic carbocycles. The molecule has 2 N–H and O–H groups in total. The van der Waals surface area contributed by atoms with Gasteiger partial charge in [0.2, 0.25) is 0 Å². The molecular weight excluding hydrogens is 302 g/mol. The SMILES string of the molecule is CC(C)NCc1ccc(S(=O)(=O)Nc2nccs2)s1. The molecule has 0 fully saturated rings. The largest absolute Gasteiger partial charge is 0.310 e. The Bertz CT molecular complexity index is 617. The maximum atomic E-state index is 12.1. The standard InChI is InChI=1S/C11H15N3O2S3/c1-8(2)13-7-9-3-4-10(18-9)19(15,16)14-11-12-5-6-17-11/h3-6,8,13H,7H2,1-2H3,(H,12,14). The van der Waals surface area contributed by atoms with Crippen LogP contribution in [0.3, 0.4) is 0 Å². The van der Waals surface area contributed by atoms with Crippen LogP contribution in [-0.4, -0.2) is 19.4 Å². The molecule has 104 valence electrons. The van der Waals surface area contributed by atoms with Gasteiger partial charge in [0.15, 0.2) is 5.13 Å². The lowest BCUT2D eigenvalue weighted by Crippen LogP contribution is -2.21. The van der Waals surface area contributed by atoms with Gasteiger partial charge in [0.1, 0.15) is 4.21 Å². The van der Waals surface area contributed by atoms with Crippen LogP contribution in [0.5, 0.6) is 0 Å². The molecule has 5 nitrogen and oxygen atoms in total. The molecule has 0 saturated carbocycles. The number of nitrogens with one attached hydrogen (secondary N) is 2. The lowest BCUT2D eigenvalue weighted by atomic mass is 10.4. The Morgan fingerprint density at radius 2 is 2.16 bits per heavy atom. The Labute approximate surface area is 120 Å². The van der Waals surface area contributed by atoms with Crippen LogP contribution in [0.1, 0.15) is 18.7 Å². The number of anilines is 1. The van der Waals surface area contributed by atoms with Gasteiger partial charge in [0.25, 0.3) is 10.0 Å². The first-order valence-electron chi connectivity index (χ1n) is 5.72. The summed E-state index contributed by atoms with van der Waals surface area (Å²) in [5, 5.41) is 5.37. The Kier molecular flexibility index (Phi) is 4.56. The number of aromatic nitrogens is 1. The summed E-state index contributed by atoms with van der Waals surface area (Å²) < 4.78 is 27.0. The number of sulfonamides is 1. The van der Waals surface area contributed by atoms with E-state index in [0.717, 1.165) is 4.88 Å². The van der Waals surface area contributed by atoms with Crippen LogP contribution < -0.4 is 10.0 Å². The predicted molar refractivity (Wildman–Crippen MR) is 79.2 cm³/mol. The van der Waals surface area contributed by atoms with E-state index in [2.05, 4.69) is 28.9 Å². The van der Waals surface area contributed by atoms with Gasteiger partial charge in [-0.15, -0.1) is 22.7 Å². The van der Waals surface area contributed by atoms with Crippen molar-refractivity contribution in [1.82, 2.24) is 10.3 Å². The number of rotatable bonds is 6. The van der Waals surface area contributed by atoms with Crippen molar-refractivity contribution < 1.29 is 8.42 Å². The lowest BCUT2D eigenvalue weighted by Gasteiger charge is -2.05. The summed E-state index contributed by atoms with van der Waals surface area (Å²) >= 11 is 2.52. The Morgan fingerprint density at radius 1 is 1.37 bits per heavy atom. The quantitative estimate of drug-likeness (QED) is 0.859. The summed E-state index contributed by atoms with van der Waals surface area (Å²) in [7, 11) is -3.51. The molecule has 0 saturated heterocycles. The van der Waals surface area contributed by atoms with Gasteiger partial charge in [-0.3, -0.25) is 4.72 Å². The second-order valence-electron chi connectivity index (χ2n) is 4.20. The third-order valence-electron chi connectivity index (χ3n) is 2.24. The molecule has 2 rings (SSSR count). The van der Waals surface area contributed by atoms with Crippen LogP contribution in [0.15, 0.2) is 27.9 Å². The molecule has 0 atom stereocenters. The first-order valence-corrected chi connectivity index (χ1v) is 8.90. The monoisotopic (exact) mass is 317 g/mol. The van der Waals surface area contributed by atoms with Crippen molar-refractivity contribution in [2.75, 3.05) is 4.72 Å². The summed E-state index contributed by atoms with van der Waals surface area (Å²) in [5.41, 5.74) is 0. The molecule has 0 radical (unpaired) electrons. The van der Waals surface area contributed by atoms with Gasteiger partial charge < -0.3 is 5.32 Å². The second-order valence-corrected chi connectivity index (χ2v) is 8.17. The minimum absolute atomic E-state index is 0.309. The molecular formula is C11H15N3O2S3. The third kappa shape index (κ3) is 4.00. The first kappa shape index (κ1) is 14.4. The van der Waals surface area contributed by atoms with Crippen LogP contribution >= 0.6 is 22.7 Å². The summed E-state index contributed by atoms with van der Waals surface area (Å²) in [6.07, 6.45) is 1.56. The van der Waals surface area contributed by atoms with Gasteiger partial charge in [-0.25, -0.2) is 13.4 Å². The fraction of sp³-hybridized carbons (Fsp3) is 0.364. The number of nitrogens with zero attached hydrogens (tertiary/aromatic N) is 1. The molecule has 2 aromatic rings. The Balaban J connectivity index is 2.08. The van der Waals surface area contributed by atoms with E-state index in [1.165, 1.54) is 22.7 Å². The molecule has 2 heterocycles. The van der Waals surface area contributed by atoms with Crippen molar-refractivity contribution in [3.05, 3.63) is 28.6 Å². The summed E-state index contributed by atoms with van der Waals surface area (Å²) in [6, 6.07) is 3.82. The average Bonchev–Trinajstić information content (AvgIpc) is 2.96. The third-order valence-corrected chi connectivity index (χ3v) is 5.97. The van der Waals surface area contributed by atoms with Gasteiger partial charge >= 0.3 is 0 Å². The molecule has 0 aliphatic rings. The van der Waals surface area contributed by atoms with E-state index in [0.29, 0.717) is 21.9 Å². The van der Waals surface area contributed by atoms with E-state index in [1.807, 2.05) is 6.07 Å². The van der Waals surface area contributed by atoms with Gasteiger partial charge in [-0.05, 0) is 12.1 Å². The molecule has 8 heteroatoms. The van der Waals surface area contributed by atoms with E-state index in [9.17, 15) is 8.42 Å². The Morgan fingerprint density at radius 3 is 2.79 bits per heavy atom. The van der Waals surface area contributed by atoms with Crippen LogP contribution in [0.4, 0.5) is 5.13 Å². The van der Waals surface area contributed by atoms with Crippen LogP contribution in [0.2, 0.25) is 0 Å². The van der Waals surface area contributed by atoms with Gasteiger partial charge in [0.05, 0.1) is 0 Å². The maximum Gasteiger partial charge on any atom is 0.273 e. The lowest BCUT2D eigenvalue weighted by molar-refractivity contribution is 0.593. The highest BCUT2D eigenvalue weighted by Crippen LogP contribution is 2.24. The van der Waals surface area contributed by atoms with Gasteiger partial charge in [0, 0.05) is 29.0 Å². The summed E-state index contributed by atoms with van der Waals surface area (Å²) in [6.45, 7) is 4.78. The minimum Gasteiger partial charge on any atom is -0.310 e. The van der Waals surface area contributed by atoms with Crippen molar-refractivity contribution in [3.63, 3.8) is 0 Å². The molecule has 0 unspecified atom stereocenters. The van der Waals surface area contributed by atoms with Crippen molar-refractivity contribution in [3.8, 4) is 0 Å². The van der Waals surface area contributed by atoms with Crippen molar-refractivity contribution in [2.24, 2.45) is 0 Å². The zero-order chi connectivity index (χ0) is 13.9. The number of hydrogen-bond donors (Lipinski definition) is 2. The zero-order valence-electron chi connectivity index (χ0n) is 10.6. The van der Waals surface area contributed by atoms with Gasteiger partial charge in [-0.2, -0.15) is 0 Å². The predicted octanol–water partition coefficient (Wildman–Crippen LogP) is 2.50. The summed E-state index contributed by atoms with van der Waals surface area (Å²) in [4.78, 5) is 4.91. The van der Waals surface area contributed by atoms with E-state index in [-0.39, 0.29) is 0 Å². The molecule has 0 aliphatic heterocycles. The fourth-order valence-corrected chi connectivity index (χ4v) is 4.44. The normalized spacial score (nSPS) is 11.9. The van der Waals surface area contributed by atoms with Crippen LogP contribution in [0, 0.1) is 0 Å². The summed E-state index contributed by atoms with van der Waals surface area (Å²) in [5.74, 6) is 0. The fourth-order valence-electron chi connectivity index (χ4n) is 1.34. The van der Waals surface area contributed by atoms with Crippen molar-refractivity contribution in [2.45, 2.75) is 30.6 Å². The minimum atomic E-state index is -3.51. The highest BCUT2D eigenvalue weighted by molar-refractivity contribution is 7.94. The maximum absolute atomic E-state index is 12.1. The van der Waals surface area contributed by atoms with E-state index in [1.54, 1.807) is 17.6 Å². The Hall–Kier alpha value is -0.960. The van der Waals surface area contributed by atoms with Crippen molar-refractivity contribution >= 4 is 37.8 Å². The van der Waals surface area contributed by atoms with E-state index < -0.39 is 10.0 Å². The molecule has 0 bridgehead atoms. The number of thiazole rings is 1. The van der Waals surface area contributed by atoms with Crippen molar-refractivity contribution in [1.29, 1.82) is 0 Å². The van der Waals surface area contributed by atoms with Crippen LogP contribution in [-0.2, 0) is 16.6 Å². The smallest absolute Gasteiger partial charge is 0.273 e. The highest BCUT2D eigenvalue weighted by Gasteiger charge is 2.18. The molecule has 0 spiro atoms. The second kappa shape index (κ2) is 6.00. The average molecular weight is 317 g/mol. The van der Waals surface area contributed by atoms with E-state index >= 15 is 0 Å².